The van der Waals surface area contributed by atoms with Gasteiger partial charge in [0, 0.05) is 54.9 Å². The normalized spacial score (nSPS) is 22.7. The maximum atomic E-state index is 13.4. The Morgan fingerprint density at radius 3 is 2.13 bits per heavy atom. The van der Waals surface area contributed by atoms with E-state index < -0.39 is 41.9 Å². The Balaban J connectivity index is 1.52. The van der Waals surface area contributed by atoms with Crippen molar-refractivity contribution in [3.8, 4) is 0 Å². The Bertz CT molecular complexity index is 1080. The number of alkyl halides is 6. The number of benzene rings is 1. The van der Waals surface area contributed by atoms with Crippen LogP contribution in [-0.4, -0.2) is 60.3 Å². The highest BCUT2D eigenvalue weighted by Gasteiger charge is 2.41. The Labute approximate surface area is 226 Å². The number of carbonyl (C=O) groups is 1. The van der Waals surface area contributed by atoms with Crippen LogP contribution in [0.25, 0.3) is 0 Å². The first-order valence-corrected chi connectivity index (χ1v) is 13.5. The number of nitrogens with one attached hydrogen (secondary N) is 1. The van der Waals surface area contributed by atoms with E-state index in [2.05, 4.69) is 26.1 Å². The molecular formula is C27H30BrF6N3O. The molecule has 208 valence electrons. The summed E-state index contributed by atoms with van der Waals surface area (Å²) in [6.45, 7) is 2.84. The fourth-order valence-electron chi connectivity index (χ4n) is 5.41. The molecule has 1 saturated carbocycles. The average Bonchev–Trinajstić information content (AvgIpc) is 2.88. The molecule has 1 saturated heterocycles. The zero-order chi connectivity index (χ0) is 27.5. The third kappa shape index (κ3) is 7.30. The van der Waals surface area contributed by atoms with Crippen LogP contribution in [-0.2, 0) is 4.79 Å². The van der Waals surface area contributed by atoms with Crippen molar-refractivity contribution in [1.82, 2.24) is 15.1 Å². The van der Waals surface area contributed by atoms with Gasteiger partial charge in [0.2, 0.25) is 5.91 Å². The van der Waals surface area contributed by atoms with E-state index in [-0.39, 0.29) is 11.6 Å². The molecule has 1 atom stereocenters. The lowest BCUT2D eigenvalue weighted by atomic mass is 9.93. The summed E-state index contributed by atoms with van der Waals surface area (Å²) in [4.78, 5) is 17.9. The molecule has 38 heavy (non-hydrogen) atoms. The molecule has 1 aromatic carbocycles. The number of halogens is 7. The number of hydrogen-bond acceptors (Lipinski definition) is 3. The van der Waals surface area contributed by atoms with Gasteiger partial charge in [0.05, 0.1) is 5.57 Å². The Morgan fingerprint density at radius 1 is 0.921 bits per heavy atom. The van der Waals surface area contributed by atoms with Gasteiger partial charge in [0.1, 0.15) is 6.04 Å². The molecule has 4 rings (SSSR count). The van der Waals surface area contributed by atoms with Gasteiger partial charge in [0.25, 0.3) is 0 Å². The number of nitrogens with zero attached hydrogens (tertiary/aromatic N) is 2. The third-order valence-corrected chi connectivity index (χ3v) is 7.92. The molecule has 2 aliphatic carbocycles. The molecule has 1 unspecified atom stereocenters. The largest absolute Gasteiger partial charge is 0.416 e. The molecule has 2 fully saturated rings. The van der Waals surface area contributed by atoms with Crippen molar-refractivity contribution in [1.29, 1.82) is 0 Å². The van der Waals surface area contributed by atoms with Gasteiger partial charge in [0.15, 0.2) is 0 Å². The molecule has 1 aromatic rings. The van der Waals surface area contributed by atoms with Crippen molar-refractivity contribution in [3.63, 3.8) is 0 Å². The first-order valence-electron chi connectivity index (χ1n) is 12.7. The van der Waals surface area contributed by atoms with Crippen LogP contribution in [0.2, 0.25) is 0 Å². The van der Waals surface area contributed by atoms with E-state index in [9.17, 15) is 31.1 Å². The van der Waals surface area contributed by atoms with Gasteiger partial charge >= 0.3 is 12.4 Å². The summed E-state index contributed by atoms with van der Waals surface area (Å²) in [5, 5.41) is 2.51. The highest BCUT2D eigenvalue weighted by Crippen LogP contribution is 2.39. The third-order valence-electron chi connectivity index (χ3n) is 7.40. The lowest BCUT2D eigenvalue weighted by molar-refractivity contribution is -0.126. The van der Waals surface area contributed by atoms with Gasteiger partial charge < -0.3 is 5.32 Å². The van der Waals surface area contributed by atoms with Crippen LogP contribution < -0.4 is 5.32 Å². The van der Waals surface area contributed by atoms with E-state index in [1.54, 1.807) is 24.3 Å². The van der Waals surface area contributed by atoms with Crippen LogP contribution in [0.15, 0.2) is 63.8 Å². The monoisotopic (exact) mass is 605 g/mol. The first-order chi connectivity index (χ1) is 17.9. The fraction of sp³-hybridized carbons (Fsp3) is 0.519. The molecular weight excluding hydrogens is 576 g/mol. The van der Waals surface area contributed by atoms with Crippen molar-refractivity contribution in [2.24, 2.45) is 0 Å². The number of carbonyl (C=O) groups excluding carboxylic acids is 1. The highest BCUT2D eigenvalue weighted by atomic mass is 79.9. The topological polar surface area (TPSA) is 35.6 Å². The Morgan fingerprint density at radius 2 is 1.55 bits per heavy atom. The summed E-state index contributed by atoms with van der Waals surface area (Å²) < 4.78 is 80.4. The van der Waals surface area contributed by atoms with Crippen LogP contribution in [0.4, 0.5) is 26.3 Å². The van der Waals surface area contributed by atoms with Crippen molar-refractivity contribution in [3.05, 3.63) is 69.4 Å². The molecule has 0 spiro atoms. The van der Waals surface area contributed by atoms with Crippen molar-refractivity contribution < 1.29 is 31.1 Å². The summed E-state index contributed by atoms with van der Waals surface area (Å²) in [5.41, 5.74) is -2.28. The summed E-state index contributed by atoms with van der Waals surface area (Å²) in [5.74, 6) is -0.504. The lowest BCUT2D eigenvalue weighted by Gasteiger charge is -2.43. The number of allylic oxidation sites excluding steroid dienone is 5. The summed E-state index contributed by atoms with van der Waals surface area (Å²) in [6, 6.07) is 7.00. The molecule has 0 radical (unpaired) electrons. The van der Waals surface area contributed by atoms with Crippen LogP contribution >= 0.6 is 15.9 Å². The van der Waals surface area contributed by atoms with E-state index in [0.717, 1.165) is 23.8 Å². The van der Waals surface area contributed by atoms with Crippen molar-refractivity contribution in [2.75, 3.05) is 26.2 Å². The molecule has 1 heterocycles. The molecule has 11 heteroatoms. The van der Waals surface area contributed by atoms with E-state index >= 15 is 0 Å². The first kappa shape index (κ1) is 28.9. The zero-order valence-electron chi connectivity index (χ0n) is 20.7. The van der Waals surface area contributed by atoms with Gasteiger partial charge in [-0.1, -0.05) is 47.3 Å². The summed E-state index contributed by atoms with van der Waals surface area (Å²) >= 11 is 3.38. The van der Waals surface area contributed by atoms with E-state index in [4.69, 9.17) is 0 Å². The minimum absolute atomic E-state index is 0.121. The summed E-state index contributed by atoms with van der Waals surface area (Å²) in [6.07, 6.45) is -2.83. The number of hydrogen-bond donors (Lipinski definition) is 1. The molecule has 4 nitrogen and oxygen atoms in total. The van der Waals surface area contributed by atoms with Gasteiger partial charge in [-0.05, 0) is 48.3 Å². The molecule has 0 bridgehead atoms. The predicted octanol–water partition coefficient (Wildman–Crippen LogP) is 6.82. The van der Waals surface area contributed by atoms with E-state index in [1.807, 2.05) is 4.90 Å². The van der Waals surface area contributed by atoms with Crippen molar-refractivity contribution >= 4 is 21.8 Å². The average molecular weight is 606 g/mol. The smallest absolute Gasteiger partial charge is 0.331 e. The molecule has 3 aliphatic rings. The Kier molecular flexibility index (Phi) is 9.09. The maximum Gasteiger partial charge on any atom is 0.416 e. The second-order valence-electron chi connectivity index (χ2n) is 9.99. The van der Waals surface area contributed by atoms with E-state index in [0.29, 0.717) is 30.8 Å². The quantitative estimate of drug-likeness (QED) is 0.374. The maximum absolute atomic E-state index is 13.4. The van der Waals surface area contributed by atoms with Crippen LogP contribution in [0.3, 0.4) is 0 Å². The predicted molar refractivity (Wildman–Crippen MR) is 136 cm³/mol. The van der Waals surface area contributed by atoms with Crippen LogP contribution in [0.1, 0.15) is 50.1 Å². The Hall–Kier alpha value is -2.11. The number of piperazine rings is 1. The second-order valence-corrected chi connectivity index (χ2v) is 10.9. The number of amides is 1. The lowest BCUT2D eigenvalue weighted by Crippen LogP contribution is -2.53. The summed E-state index contributed by atoms with van der Waals surface area (Å²) in [7, 11) is 0. The van der Waals surface area contributed by atoms with Crippen molar-refractivity contribution in [2.45, 2.75) is 63.0 Å². The molecule has 1 amide bonds. The van der Waals surface area contributed by atoms with Gasteiger partial charge in [-0.2, -0.15) is 26.3 Å². The molecule has 1 N–H and O–H groups in total. The van der Waals surface area contributed by atoms with Gasteiger partial charge in [-0.25, -0.2) is 0 Å². The van der Waals surface area contributed by atoms with Crippen LogP contribution in [0.5, 0.6) is 0 Å². The highest BCUT2D eigenvalue weighted by molar-refractivity contribution is 9.10. The van der Waals surface area contributed by atoms with Gasteiger partial charge in [-0.3, -0.25) is 14.6 Å². The molecule has 0 aromatic heterocycles. The SMILES string of the molecule is O=C(N/C=C1/C=C(C(F)(F)F)C=C(C(F)(F)F)C1)C(c1ccc(Br)cc1)N1CCN(C2CCCCC2)CC1. The zero-order valence-corrected chi connectivity index (χ0v) is 22.3. The van der Waals surface area contributed by atoms with Crippen LogP contribution in [0, 0.1) is 0 Å². The standard InChI is InChI=1S/C27H30BrF6N3O/c28-22-8-6-19(7-9-22)24(37-12-10-36(11-13-37)23-4-2-1-3-5-23)25(38)35-17-18-14-20(26(29,30)31)16-21(15-18)27(32,33)34/h6-9,14,16-17,23-24H,1-5,10-13,15H2,(H,35,38)/b18-17-. The number of rotatable bonds is 5. The fourth-order valence-corrected chi connectivity index (χ4v) is 5.68. The van der Waals surface area contributed by atoms with E-state index in [1.165, 1.54) is 32.1 Å². The van der Waals surface area contributed by atoms with Gasteiger partial charge in [-0.15, -0.1) is 0 Å². The second kappa shape index (κ2) is 12.0. The molecule has 1 aliphatic heterocycles. The minimum Gasteiger partial charge on any atom is -0.331 e. The minimum atomic E-state index is -4.95.